The van der Waals surface area contributed by atoms with Crippen molar-refractivity contribution in [2.45, 2.75) is 0 Å². The normalized spacial score (nSPS) is 13.4. The van der Waals surface area contributed by atoms with Gasteiger partial charge in [0.1, 0.15) is 12.6 Å². The minimum Gasteiger partial charge on any atom is -0.324 e. The standard InChI is InChI=1S/C8H20N4O6P2/c9-1-3-11(7-19(13,14)15)5-6-12(4-2-10)8-20(16,17)18/h1-8H2,(H2,13,14,15)(H2,16,17,18). The van der Waals surface area contributed by atoms with Crippen LogP contribution in [0.1, 0.15) is 0 Å². The van der Waals surface area contributed by atoms with E-state index in [0.717, 1.165) is 0 Å². The Kier molecular flexibility index (Phi) is 9.28. The van der Waals surface area contributed by atoms with Crippen molar-refractivity contribution >= 4 is 15.2 Å². The van der Waals surface area contributed by atoms with E-state index in [1.54, 1.807) is 0 Å². The summed E-state index contributed by atoms with van der Waals surface area (Å²) in [5.41, 5.74) is 17.6. The fourth-order valence-electron chi connectivity index (χ4n) is 1.59. The molecule has 4 N–H and O–H groups in total. The third kappa shape index (κ3) is 11.9. The SMILES string of the molecule is [N]CCN(CCN(CC[N])CP(=O)(O)O)CP(=O)(O)O. The van der Waals surface area contributed by atoms with Crippen molar-refractivity contribution in [1.82, 2.24) is 21.3 Å². The van der Waals surface area contributed by atoms with Crippen molar-refractivity contribution in [2.24, 2.45) is 0 Å². The van der Waals surface area contributed by atoms with Gasteiger partial charge >= 0.3 is 15.2 Å². The molecule has 0 aliphatic rings. The van der Waals surface area contributed by atoms with E-state index < -0.39 is 27.8 Å². The summed E-state index contributed by atoms with van der Waals surface area (Å²) in [7, 11) is -8.55. The first kappa shape index (κ1) is 20.1. The predicted octanol–water partition coefficient (Wildman–Crippen LogP) is -2.00. The van der Waals surface area contributed by atoms with E-state index in [9.17, 15) is 9.13 Å². The quantitative estimate of drug-likeness (QED) is 0.316. The summed E-state index contributed by atoms with van der Waals surface area (Å²) in [5, 5.41) is 0. The Morgan fingerprint density at radius 3 is 1.20 bits per heavy atom. The molecule has 118 valence electrons. The highest BCUT2D eigenvalue weighted by Gasteiger charge is 2.22. The lowest BCUT2D eigenvalue weighted by atomic mass is 10.4. The molecule has 0 aliphatic heterocycles. The molecule has 0 rings (SSSR count). The lowest BCUT2D eigenvalue weighted by Crippen LogP contribution is -2.38. The van der Waals surface area contributed by atoms with Gasteiger partial charge in [-0.2, -0.15) is 0 Å². The second-order valence-electron chi connectivity index (χ2n) is 4.30. The van der Waals surface area contributed by atoms with Gasteiger partial charge in [0.25, 0.3) is 0 Å². The van der Waals surface area contributed by atoms with Crippen LogP contribution in [-0.4, -0.2) is 81.2 Å². The zero-order valence-electron chi connectivity index (χ0n) is 10.9. The minimum atomic E-state index is -4.27. The third-order valence-corrected chi connectivity index (χ3v) is 3.87. The molecule has 0 unspecified atom stereocenters. The molecule has 0 aliphatic carbocycles. The summed E-state index contributed by atoms with van der Waals surface area (Å²) < 4.78 is 21.8. The van der Waals surface area contributed by atoms with E-state index in [-0.39, 0.29) is 39.3 Å². The molecule has 0 aromatic carbocycles. The molecule has 4 radical (unpaired) electrons. The van der Waals surface area contributed by atoms with E-state index in [2.05, 4.69) is 0 Å². The van der Waals surface area contributed by atoms with Crippen LogP contribution in [0.15, 0.2) is 0 Å². The van der Waals surface area contributed by atoms with Crippen LogP contribution in [0.2, 0.25) is 0 Å². The average Bonchev–Trinajstić information content (AvgIpc) is 2.22. The molecule has 0 saturated heterocycles. The van der Waals surface area contributed by atoms with Crippen molar-refractivity contribution < 1.29 is 28.7 Å². The van der Waals surface area contributed by atoms with Crippen molar-refractivity contribution in [3.05, 3.63) is 0 Å². The first-order valence-corrected chi connectivity index (χ1v) is 9.42. The fourth-order valence-corrected chi connectivity index (χ4v) is 3.20. The molecule has 0 bridgehead atoms. The fraction of sp³-hybridized carbons (Fsp3) is 1.00. The summed E-state index contributed by atoms with van der Waals surface area (Å²) in [4.78, 5) is 38.1. The van der Waals surface area contributed by atoms with Crippen LogP contribution in [0, 0.1) is 0 Å². The van der Waals surface area contributed by atoms with Gasteiger partial charge in [-0.3, -0.25) is 18.9 Å². The molecular weight excluding hydrogens is 310 g/mol. The van der Waals surface area contributed by atoms with Crippen LogP contribution in [-0.2, 0) is 9.13 Å². The molecule has 0 heterocycles. The van der Waals surface area contributed by atoms with Gasteiger partial charge in [-0.1, -0.05) is 0 Å². The Labute approximate surface area is 118 Å². The van der Waals surface area contributed by atoms with Gasteiger partial charge in [-0.15, -0.1) is 11.5 Å². The molecule has 0 aromatic rings. The first-order chi connectivity index (χ1) is 9.07. The maximum Gasteiger partial charge on any atom is 0.339 e. The van der Waals surface area contributed by atoms with Crippen molar-refractivity contribution in [3.8, 4) is 0 Å². The van der Waals surface area contributed by atoms with E-state index in [1.807, 2.05) is 0 Å². The second kappa shape index (κ2) is 9.22. The number of nitrogens with zero attached hydrogens (tertiary/aromatic N) is 4. The number of hydrogen-bond donors (Lipinski definition) is 4. The summed E-state index contributed by atoms with van der Waals surface area (Å²) in [6, 6.07) is 0. The molecule has 0 spiro atoms. The van der Waals surface area contributed by atoms with Crippen molar-refractivity contribution in [3.63, 3.8) is 0 Å². The summed E-state index contributed by atoms with van der Waals surface area (Å²) in [6.07, 6.45) is -1.09. The van der Waals surface area contributed by atoms with Gasteiger partial charge in [0, 0.05) is 39.3 Å². The predicted molar refractivity (Wildman–Crippen MR) is 71.0 cm³/mol. The maximum absolute atomic E-state index is 10.9. The average molecular weight is 330 g/mol. The van der Waals surface area contributed by atoms with Gasteiger partial charge in [0.2, 0.25) is 0 Å². The van der Waals surface area contributed by atoms with Gasteiger partial charge in [-0.25, -0.2) is 0 Å². The van der Waals surface area contributed by atoms with E-state index >= 15 is 0 Å². The minimum absolute atomic E-state index is 0.0357. The topological polar surface area (TPSA) is 166 Å². The molecule has 10 nitrogen and oxygen atoms in total. The summed E-state index contributed by atoms with van der Waals surface area (Å²) >= 11 is 0. The highest BCUT2D eigenvalue weighted by molar-refractivity contribution is 7.51. The van der Waals surface area contributed by atoms with Crippen molar-refractivity contribution in [2.75, 3.05) is 51.8 Å². The number of hydrogen-bond acceptors (Lipinski definition) is 4. The van der Waals surface area contributed by atoms with E-state index in [0.29, 0.717) is 0 Å². The smallest absolute Gasteiger partial charge is 0.324 e. The molecule has 0 atom stereocenters. The summed E-state index contributed by atoms with van der Waals surface area (Å²) in [5.74, 6) is 0. The third-order valence-electron chi connectivity index (χ3n) is 2.33. The zero-order chi connectivity index (χ0) is 15.8. The van der Waals surface area contributed by atoms with E-state index in [1.165, 1.54) is 9.80 Å². The van der Waals surface area contributed by atoms with Gasteiger partial charge in [0.05, 0.1) is 0 Å². The summed E-state index contributed by atoms with van der Waals surface area (Å²) in [6.45, 7) is -0.309. The largest absolute Gasteiger partial charge is 0.339 e. The Hall–Kier alpha value is 0.140. The molecule has 0 aromatic heterocycles. The molecular formula is C8H20N4O6P2. The van der Waals surface area contributed by atoms with Gasteiger partial charge in [0.15, 0.2) is 0 Å². The Balaban J connectivity index is 4.46. The Bertz CT molecular complexity index is 325. The molecule has 0 saturated carbocycles. The highest BCUT2D eigenvalue weighted by Crippen LogP contribution is 2.36. The molecule has 0 amide bonds. The van der Waals surface area contributed by atoms with Crippen LogP contribution >= 0.6 is 15.2 Å². The van der Waals surface area contributed by atoms with Crippen molar-refractivity contribution in [1.29, 1.82) is 0 Å². The van der Waals surface area contributed by atoms with Gasteiger partial charge in [-0.05, 0) is 0 Å². The molecule has 20 heavy (non-hydrogen) atoms. The molecule has 12 heteroatoms. The van der Waals surface area contributed by atoms with Gasteiger partial charge < -0.3 is 19.6 Å². The highest BCUT2D eigenvalue weighted by atomic mass is 31.2. The van der Waals surface area contributed by atoms with E-state index in [4.69, 9.17) is 31.0 Å². The van der Waals surface area contributed by atoms with Crippen LogP contribution in [0.4, 0.5) is 0 Å². The monoisotopic (exact) mass is 330 g/mol. The second-order valence-corrected chi connectivity index (χ2v) is 7.52. The van der Waals surface area contributed by atoms with Crippen LogP contribution in [0.3, 0.4) is 0 Å². The Morgan fingerprint density at radius 2 is 1.00 bits per heavy atom. The Morgan fingerprint density at radius 1 is 0.700 bits per heavy atom. The number of rotatable bonds is 11. The van der Waals surface area contributed by atoms with Crippen LogP contribution in [0.25, 0.3) is 0 Å². The lowest BCUT2D eigenvalue weighted by Gasteiger charge is -2.27. The maximum atomic E-state index is 10.9. The lowest BCUT2D eigenvalue weighted by molar-refractivity contribution is 0.221. The molecule has 0 fully saturated rings. The first-order valence-electron chi connectivity index (χ1n) is 5.83. The zero-order valence-corrected chi connectivity index (χ0v) is 12.7. The van der Waals surface area contributed by atoms with Crippen LogP contribution in [0.5, 0.6) is 0 Å². The van der Waals surface area contributed by atoms with Crippen LogP contribution < -0.4 is 11.5 Å².